The van der Waals surface area contributed by atoms with Crippen molar-refractivity contribution in [3.8, 4) is 0 Å². The Morgan fingerprint density at radius 2 is 1.89 bits per heavy atom. The van der Waals surface area contributed by atoms with E-state index in [2.05, 4.69) is 34.6 Å². The van der Waals surface area contributed by atoms with E-state index in [9.17, 15) is 8.78 Å². The summed E-state index contributed by atoms with van der Waals surface area (Å²) in [6.45, 7) is 11.2. The van der Waals surface area contributed by atoms with Crippen LogP contribution in [-0.2, 0) is 4.74 Å². The zero-order valence-corrected chi connectivity index (χ0v) is 12.3. The molecule has 1 aliphatic carbocycles. The first kappa shape index (κ1) is 15.7. The summed E-state index contributed by atoms with van der Waals surface area (Å²) < 4.78 is 31.9. The smallest absolute Gasteiger partial charge is 0.251 e. The van der Waals surface area contributed by atoms with Gasteiger partial charge in [0.2, 0.25) is 0 Å². The Bertz CT molecular complexity index is 316. The summed E-state index contributed by atoms with van der Waals surface area (Å²) >= 11 is 0. The molecule has 0 N–H and O–H groups in total. The van der Waals surface area contributed by atoms with Crippen molar-refractivity contribution in [1.82, 2.24) is 0 Å². The standard InChI is InChI=1S/C14H25BF2O/c1-12(2,3)13(4,5)18-10-15-11-6-8-14(16,17)9-7-11/h6,15H,7-10H2,1-5H3. The molecule has 0 spiro atoms. The van der Waals surface area contributed by atoms with E-state index < -0.39 is 5.92 Å². The average Bonchev–Trinajstić information content (AvgIpc) is 2.18. The minimum absolute atomic E-state index is 0.0124. The Kier molecular flexibility index (Phi) is 4.63. The van der Waals surface area contributed by atoms with Gasteiger partial charge in [-0.15, -0.1) is 5.47 Å². The zero-order chi connectivity index (χ0) is 14.0. The quantitative estimate of drug-likeness (QED) is 0.694. The van der Waals surface area contributed by atoms with E-state index in [1.807, 2.05) is 0 Å². The molecule has 0 radical (unpaired) electrons. The number of hydrogen-bond donors (Lipinski definition) is 0. The van der Waals surface area contributed by atoms with E-state index in [1.165, 1.54) is 0 Å². The summed E-state index contributed by atoms with van der Waals surface area (Å²) in [6.07, 6.45) is 2.08. The maximum Gasteiger partial charge on any atom is 0.251 e. The molecule has 0 saturated carbocycles. The summed E-state index contributed by atoms with van der Waals surface area (Å²) in [7, 11) is 0.773. The normalized spacial score (nSPS) is 20.5. The number of alkyl halides is 2. The van der Waals surface area contributed by atoms with Gasteiger partial charge >= 0.3 is 0 Å². The fraction of sp³-hybridized carbons (Fsp3) is 0.857. The first-order valence-electron chi connectivity index (χ1n) is 6.73. The average molecular weight is 258 g/mol. The van der Waals surface area contributed by atoms with Gasteiger partial charge in [-0.3, -0.25) is 0 Å². The molecule has 1 nitrogen and oxygen atoms in total. The first-order valence-corrected chi connectivity index (χ1v) is 6.73. The van der Waals surface area contributed by atoms with Crippen LogP contribution >= 0.6 is 0 Å². The summed E-state index contributed by atoms with van der Waals surface area (Å²) in [5, 5.41) is 0. The third kappa shape index (κ3) is 4.38. The van der Waals surface area contributed by atoms with Crippen molar-refractivity contribution in [2.75, 3.05) is 6.51 Å². The second-order valence-corrected chi connectivity index (χ2v) is 6.78. The third-order valence-electron chi connectivity index (χ3n) is 4.19. The molecule has 0 aromatic heterocycles. The van der Waals surface area contributed by atoms with Crippen LogP contribution in [0.3, 0.4) is 0 Å². The summed E-state index contributed by atoms with van der Waals surface area (Å²) in [4.78, 5) is 0. The van der Waals surface area contributed by atoms with Gasteiger partial charge < -0.3 is 4.74 Å². The summed E-state index contributed by atoms with van der Waals surface area (Å²) in [5.74, 6) is -2.49. The Balaban J connectivity index is 2.38. The third-order valence-corrected chi connectivity index (χ3v) is 4.19. The minimum Gasteiger partial charge on any atom is -0.383 e. The molecule has 1 rings (SSSR count). The molecule has 0 bridgehead atoms. The van der Waals surface area contributed by atoms with Crippen molar-refractivity contribution in [2.45, 2.75) is 65.4 Å². The molecule has 18 heavy (non-hydrogen) atoms. The lowest BCUT2D eigenvalue weighted by Crippen LogP contribution is -2.40. The highest BCUT2D eigenvalue weighted by Crippen LogP contribution is 2.34. The second kappa shape index (κ2) is 5.32. The van der Waals surface area contributed by atoms with Crippen molar-refractivity contribution in [3.63, 3.8) is 0 Å². The van der Waals surface area contributed by atoms with Crippen molar-refractivity contribution in [2.24, 2.45) is 5.41 Å². The molecule has 0 fully saturated rings. The van der Waals surface area contributed by atoms with Crippen LogP contribution in [0.25, 0.3) is 0 Å². The SMILES string of the molecule is CC(C)(C)C(C)(C)OCBC1=CCC(F)(F)CC1. The van der Waals surface area contributed by atoms with Gasteiger partial charge in [0.25, 0.3) is 5.92 Å². The fourth-order valence-corrected chi connectivity index (χ4v) is 1.72. The molecule has 0 saturated heterocycles. The molecule has 0 unspecified atom stereocenters. The van der Waals surface area contributed by atoms with Crippen molar-refractivity contribution in [1.29, 1.82) is 0 Å². The van der Waals surface area contributed by atoms with Crippen molar-refractivity contribution < 1.29 is 13.5 Å². The topological polar surface area (TPSA) is 9.23 Å². The van der Waals surface area contributed by atoms with Gasteiger partial charge in [0, 0.05) is 19.3 Å². The monoisotopic (exact) mass is 258 g/mol. The Morgan fingerprint density at radius 1 is 1.28 bits per heavy atom. The molecule has 1 aliphatic rings. The van der Waals surface area contributed by atoms with Crippen LogP contribution in [0.1, 0.15) is 53.9 Å². The van der Waals surface area contributed by atoms with Crippen LogP contribution in [0.4, 0.5) is 8.78 Å². The predicted molar refractivity (Wildman–Crippen MR) is 73.5 cm³/mol. The fourth-order valence-electron chi connectivity index (χ4n) is 1.72. The van der Waals surface area contributed by atoms with E-state index in [4.69, 9.17) is 4.74 Å². The van der Waals surface area contributed by atoms with Gasteiger partial charge in [-0.2, -0.15) is 0 Å². The largest absolute Gasteiger partial charge is 0.383 e. The molecule has 0 aromatic carbocycles. The van der Waals surface area contributed by atoms with Crippen LogP contribution in [0.5, 0.6) is 0 Å². The lowest BCUT2D eigenvalue weighted by molar-refractivity contribution is -0.0720. The summed E-state index contributed by atoms with van der Waals surface area (Å²) in [6, 6.07) is 0. The Morgan fingerprint density at radius 3 is 2.33 bits per heavy atom. The van der Waals surface area contributed by atoms with Gasteiger partial charge in [-0.1, -0.05) is 26.8 Å². The lowest BCUT2D eigenvalue weighted by Gasteiger charge is -2.38. The number of halogens is 2. The van der Waals surface area contributed by atoms with Crippen molar-refractivity contribution >= 4 is 7.28 Å². The van der Waals surface area contributed by atoms with Crippen molar-refractivity contribution in [3.05, 3.63) is 11.5 Å². The first-order chi connectivity index (χ1) is 8.04. The van der Waals surface area contributed by atoms with E-state index in [-0.39, 0.29) is 23.9 Å². The maximum absolute atomic E-state index is 13.0. The van der Waals surface area contributed by atoms with Gasteiger partial charge in [-0.05, 0) is 25.7 Å². The molecule has 104 valence electrons. The Hall–Kier alpha value is -0.375. The van der Waals surface area contributed by atoms with E-state index in [1.54, 1.807) is 6.08 Å². The molecular formula is C14H25BF2O. The van der Waals surface area contributed by atoms with Crippen LogP contribution in [0, 0.1) is 5.41 Å². The molecule has 0 heterocycles. The van der Waals surface area contributed by atoms with Crippen LogP contribution in [0.15, 0.2) is 11.5 Å². The lowest BCUT2D eigenvalue weighted by atomic mass is 9.66. The molecule has 0 aromatic rings. The summed E-state index contributed by atoms with van der Waals surface area (Å²) in [5.41, 5.74) is 0.985. The zero-order valence-electron chi connectivity index (χ0n) is 12.3. The highest BCUT2D eigenvalue weighted by Gasteiger charge is 2.34. The van der Waals surface area contributed by atoms with E-state index in [0.29, 0.717) is 12.9 Å². The second-order valence-electron chi connectivity index (χ2n) is 6.78. The van der Waals surface area contributed by atoms with Gasteiger partial charge in [0.15, 0.2) is 7.28 Å². The van der Waals surface area contributed by atoms with Gasteiger partial charge in [-0.25, -0.2) is 8.78 Å². The molecule has 0 atom stereocenters. The molecule has 4 heteroatoms. The predicted octanol–water partition coefficient (Wildman–Crippen LogP) is 3.92. The van der Waals surface area contributed by atoms with Gasteiger partial charge in [0.05, 0.1) is 5.60 Å². The number of allylic oxidation sites excluding steroid dienone is 2. The van der Waals surface area contributed by atoms with E-state index in [0.717, 1.165) is 12.8 Å². The highest BCUT2D eigenvalue weighted by molar-refractivity contribution is 6.45. The molecular weight excluding hydrogens is 233 g/mol. The molecule has 0 aliphatic heterocycles. The minimum atomic E-state index is -2.49. The Labute approximate surface area is 110 Å². The number of rotatable bonds is 4. The van der Waals surface area contributed by atoms with Crippen LogP contribution < -0.4 is 0 Å². The maximum atomic E-state index is 13.0. The number of ether oxygens (including phenoxy) is 1. The van der Waals surface area contributed by atoms with Crippen LogP contribution in [-0.4, -0.2) is 25.3 Å². The van der Waals surface area contributed by atoms with E-state index >= 15 is 0 Å². The number of hydrogen-bond acceptors (Lipinski definition) is 1. The van der Waals surface area contributed by atoms with Crippen LogP contribution in [0.2, 0.25) is 0 Å². The van der Waals surface area contributed by atoms with Gasteiger partial charge in [0.1, 0.15) is 0 Å². The molecule has 0 amide bonds. The highest BCUT2D eigenvalue weighted by atomic mass is 19.3.